The van der Waals surface area contributed by atoms with Crippen LogP contribution in [0, 0.1) is 0 Å². The van der Waals surface area contributed by atoms with Crippen molar-refractivity contribution >= 4 is 28.3 Å². The molecule has 0 radical (unpaired) electrons. The maximum Gasteiger partial charge on any atom is 0.350 e. The summed E-state index contributed by atoms with van der Waals surface area (Å²) in [5.74, 6) is -0.644. The number of carbonyl (C=O) groups is 2. The zero-order valence-electron chi connectivity index (χ0n) is 11.9. The van der Waals surface area contributed by atoms with E-state index in [1.165, 1.54) is 0 Å². The SMILES string of the molecule is CCOC(=O)c1sc(NC(=O)c2ccccc2)nc1CC. The average molecular weight is 304 g/mol. The predicted octanol–water partition coefficient (Wildman–Crippen LogP) is 3.13. The van der Waals surface area contributed by atoms with Crippen LogP contribution in [-0.2, 0) is 11.2 Å². The number of hydrogen-bond donors (Lipinski definition) is 1. The third-order valence-electron chi connectivity index (χ3n) is 2.75. The van der Waals surface area contributed by atoms with E-state index < -0.39 is 5.97 Å². The van der Waals surface area contributed by atoms with Gasteiger partial charge in [0.2, 0.25) is 0 Å². The van der Waals surface area contributed by atoms with Crippen molar-refractivity contribution in [1.29, 1.82) is 0 Å². The van der Waals surface area contributed by atoms with E-state index in [2.05, 4.69) is 10.3 Å². The second kappa shape index (κ2) is 6.99. The minimum Gasteiger partial charge on any atom is -0.462 e. The van der Waals surface area contributed by atoms with Gasteiger partial charge in [-0.1, -0.05) is 36.5 Å². The van der Waals surface area contributed by atoms with Crippen molar-refractivity contribution < 1.29 is 14.3 Å². The fourth-order valence-corrected chi connectivity index (χ4v) is 2.70. The van der Waals surface area contributed by atoms with Crippen LogP contribution in [0.1, 0.15) is 39.6 Å². The van der Waals surface area contributed by atoms with E-state index in [-0.39, 0.29) is 5.91 Å². The molecule has 21 heavy (non-hydrogen) atoms. The van der Waals surface area contributed by atoms with Crippen LogP contribution in [-0.4, -0.2) is 23.5 Å². The largest absolute Gasteiger partial charge is 0.462 e. The fourth-order valence-electron chi connectivity index (χ4n) is 1.76. The van der Waals surface area contributed by atoms with Crippen molar-refractivity contribution in [3.8, 4) is 0 Å². The molecule has 0 aliphatic carbocycles. The Balaban J connectivity index is 2.18. The van der Waals surface area contributed by atoms with Gasteiger partial charge in [-0.3, -0.25) is 10.1 Å². The van der Waals surface area contributed by atoms with E-state index in [1.807, 2.05) is 13.0 Å². The highest BCUT2D eigenvalue weighted by Gasteiger charge is 2.19. The third-order valence-corrected chi connectivity index (χ3v) is 3.74. The van der Waals surface area contributed by atoms with E-state index in [9.17, 15) is 9.59 Å². The van der Waals surface area contributed by atoms with Gasteiger partial charge >= 0.3 is 5.97 Å². The summed E-state index contributed by atoms with van der Waals surface area (Å²) in [7, 11) is 0. The van der Waals surface area contributed by atoms with E-state index in [0.29, 0.717) is 34.3 Å². The number of nitrogens with zero attached hydrogens (tertiary/aromatic N) is 1. The summed E-state index contributed by atoms with van der Waals surface area (Å²) >= 11 is 1.14. The summed E-state index contributed by atoms with van der Waals surface area (Å²) in [6.45, 7) is 3.97. The average Bonchev–Trinajstić information content (AvgIpc) is 2.91. The van der Waals surface area contributed by atoms with Crippen LogP contribution in [0.4, 0.5) is 5.13 Å². The van der Waals surface area contributed by atoms with Crippen molar-refractivity contribution in [2.45, 2.75) is 20.3 Å². The van der Waals surface area contributed by atoms with Gasteiger partial charge in [0.05, 0.1) is 12.3 Å². The smallest absolute Gasteiger partial charge is 0.350 e. The molecule has 0 bridgehead atoms. The van der Waals surface area contributed by atoms with Gasteiger partial charge in [0.1, 0.15) is 4.88 Å². The number of thiazole rings is 1. The fraction of sp³-hybridized carbons (Fsp3) is 0.267. The highest BCUT2D eigenvalue weighted by Crippen LogP contribution is 2.25. The molecule has 0 unspecified atom stereocenters. The van der Waals surface area contributed by atoms with Crippen LogP contribution >= 0.6 is 11.3 Å². The highest BCUT2D eigenvalue weighted by atomic mass is 32.1. The molecule has 2 aromatic rings. The number of aryl methyl sites for hydroxylation is 1. The first kappa shape index (κ1) is 15.2. The van der Waals surface area contributed by atoms with Crippen LogP contribution < -0.4 is 5.32 Å². The number of ether oxygens (including phenoxy) is 1. The molecule has 1 N–H and O–H groups in total. The van der Waals surface area contributed by atoms with E-state index in [1.54, 1.807) is 31.2 Å². The van der Waals surface area contributed by atoms with Crippen LogP contribution in [0.3, 0.4) is 0 Å². The van der Waals surface area contributed by atoms with Crippen molar-refractivity contribution in [2.24, 2.45) is 0 Å². The molecule has 0 saturated heterocycles. The second-order valence-electron chi connectivity index (χ2n) is 4.19. The Hall–Kier alpha value is -2.21. The van der Waals surface area contributed by atoms with Gasteiger partial charge in [-0.15, -0.1) is 0 Å². The highest BCUT2D eigenvalue weighted by molar-refractivity contribution is 7.17. The first-order valence-electron chi connectivity index (χ1n) is 6.68. The maximum atomic E-state index is 12.1. The lowest BCUT2D eigenvalue weighted by Gasteiger charge is -2.00. The number of anilines is 1. The summed E-state index contributed by atoms with van der Waals surface area (Å²) in [5.41, 5.74) is 1.19. The zero-order valence-corrected chi connectivity index (χ0v) is 12.7. The van der Waals surface area contributed by atoms with Gasteiger partial charge in [-0.2, -0.15) is 0 Å². The van der Waals surface area contributed by atoms with Gasteiger partial charge in [0.25, 0.3) is 5.91 Å². The lowest BCUT2D eigenvalue weighted by molar-refractivity contribution is 0.0530. The molecular formula is C15H16N2O3S. The summed E-state index contributed by atoms with van der Waals surface area (Å²) in [6.07, 6.45) is 0.603. The van der Waals surface area contributed by atoms with E-state index in [4.69, 9.17) is 4.74 Å². The molecule has 0 spiro atoms. The van der Waals surface area contributed by atoms with Gasteiger partial charge in [-0.05, 0) is 25.5 Å². The second-order valence-corrected chi connectivity index (χ2v) is 5.19. The standard InChI is InChI=1S/C15H16N2O3S/c1-3-11-12(14(19)20-4-2)21-15(16-11)17-13(18)10-8-6-5-7-9-10/h5-9H,3-4H2,1-2H3,(H,16,17,18). The van der Waals surface area contributed by atoms with E-state index >= 15 is 0 Å². The van der Waals surface area contributed by atoms with Crippen molar-refractivity contribution in [2.75, 3.05) is 11.9 Å². The first-order chi connectivity index (χ1) is 10.2. The molecule has 6 heteroatoms. The molecule has 5 nitrogen and oxygen atoms in total. The van der Waals surface area contributed by atoms with Crippen LogP contribution in [0.15, 0.2) is 30.3 Å². The van der Waals surface area contributed by atoms with Crippen molar-refractivity contribution in [3.05, 3.63) is 46.5 Å². The van der Waals surface area contributed by atoms with Gasteiger partial charge in [0.15, 0.2) is 5.13 Å². The first-order valence-corrected chi connectivity index (χ1v) is 7.50. The number of nitrogens with one attached hydrogen (secondary N) is 1. The quantitative estimate of drug-likeness (QED) is 0.862. The minimum atomic E-state index is -0.396. The van der Waals surface area contributed by atoms with Gasteiger partial charge < -0.3 is 4.74 Å². The van der Waals surface area contributed by atoms with Crippen LogP contribution in [0.5, 0.6) is 0 Å². The summed E-state index contributed by atoms with van der Waals surface area (Å²) < 4.78 is 4.99. The van der Waals surface area contributed by atoms with Gasteiger partial charge in [0, 0.05) is 5.56 Å². The molecule has 1 amide bonds. The molecule has 0 aliphatic heterocycles. The molecule has 0 saturated carbocycles. The van der Waals surface area contributed by atoms with Crippen molar-refractivity contribution in [1.82, 2.24) is 4.98 Å². The molecule has 110 valence electrons. The number of aromatic nitrogens is 1. The normalized spacial score (nSPS) is 10.2. The van der Waals surface area contributed by atoms with E-state index in [0.717, 1.165) is 11.3 Å². The number of hydrogen-bond acceptors (Lipinski definition) is 5. The monoisotopic (exact) mass is 304 g/mol. The number of esters is 1. The zero-order chi connectivity index (χ0) is 15.2. The predicted molar refractivity (Wildman–Crippen MR) is 81.8 cm³/mol. The Morgan fingerprint density at radius 3 is 2.57 bits per heavy atom. The molecular weight excluding hydrogens is 288 g/mol. The minimum absolute atomic E-state index is 0.248. The molecule has 2 rings (SSSR count). The third kappa shape index (κ3) is 3.66. The Morgan fingerprint density at radius 2 is 1.95 bits per heavy atom. The molecule has 0 aliphatic rings. The summed E-state index contributed by atoms with van der Waals surface area (Å²) in [4.78, 5) is 28.6. The molecule has 1 aromatic heterocycles. The Labute approximate surface area is 127 Å². The Bertz CT molecular complexity index is 638. The summed E-state index contributed by atoms with van der Waals surface area (Å²) in [6, 6.07) is 8.86. The van der Waals surface area contributed by atoms with Crippen LogP contribution in [0.2, 0.25) is 0 Å². The number of carbonyl (C=O) groups excluding carboxylic acids is 2. The molecule has 0 fully saturated rings. The molecule has 1 heterocycles. The van der Waals surface area contributed by atoms with Gasteiger partial charge in [-0.25, -0.2) is 9.78 Å². The lowest BCUT2D eigenvalue weighted by Crippen LogP contribution is -2.11. The molecule has 1 aromatic carbocycles. The number of benzene rings is 1. The Morgan fingerprint density at radius 1 is 1.24 bits per heavy atom. The Kier molecular flexibility index (Phi) is 5.05. The molecule has 0 atom stereocenters. The lowest BCUT2D eigenvalue weighted by atomic mass is 10.2. The summed E-state index contributed by atoms with van der Waals surface area (Å²) in [5, 5.41) is 3.12. The number of rotatable bonds is 5. The topological polar surface area (TPSA) is 68.3 Å². The number of amides is 1. The maximum absolute atomic E-state index is 12.1. The van der Waals surface area contributed by atoms with Crippen LogP contribution in [0.25, 0.3) is 0 Å². The van der Waals surface area contributed by atoms with Crippen molar-refractivity contribution in [3.63, 3.8) is 0 Å².